The summed E-state index contributed by atoms with van der Waals surface area (Å²) in [6.45, 7) is 10.9. The molecule has 1 aromatic rings. The van der Waals surface area contributed by atoms with Crippen LogP contribution in [0.3, 0.4) is 0 Å². The minimum atomic E-state index is -5.37. The Morgan fingerprint density at radius 3 is 2.34 bits per heavy atom. The van der Waals surface area contributed by atoms with Crippen LogP contribution in [0.1, 0.15) is 48.7 Å². The lowest BCUT2D eigenvalue weighted by molar-refractivity contribution is -0.0494. The van der Waals surface area contributed by atoms with E-state index in [2.05, 4.69) is 18.1 Å². The summed E-state index contributed by atoms with van der Waals surface area (Å²) in [4.78, 5) is 15.4. The van der Waals surface area contributed by atoms with Crippen LogP contribution in [0, 0.1) is 11.3 Å². The first-order valence-electron chi connectivity index (χ1n) is 10.8. The van der Waals surface area contributed by atoms with E-state index in [0.29, 0.717) is 15.5 Å². The van der Waals surface area contributed by atoms with Crippen molar-refractivity contribution in [2.24, 2.45) is 11.7 Å². The van der Waals surface area contributed by atoms with E-state index >= 15 is 0 Å². The molecule has 1 saturated heterocycles. The molecule has 1 fully saturated rings. The van der Waals surface area contributed by atoms with E-state index in [1.807, 2.05) is 13.0 Å². The number of alkyl halides is 3. The maximum absolute atomic E-state index is 12.8. The number of halogens is 3. The SMILES string of the molecule is C=C/C=C(\C)C(C(=C)/C=C(\C)C(=N)C1CCN(S(=O)(=O)C(F)(F)F)CC1)c1ccc(C(N)=O)nc1. The van der Waals surface area contributed by atoms with Gasteiger partial charge in [0.05, 0.1) is 0 Å². The van der Waals surface area contributed by atoms with Crippen molar-refractivity contribution in [1.82, 2.24) is 9.29 Å². The van der Waals surface area contributed by atoms with Crippen LogP contribution in [-0.2, 0) is 10.0 Å². The second-order valence-electron chi connectivity index (χ2n) is 8.36. The van der Waals surface area contributed by atoms with E-state index in [0.717, 1.165) is 11.1 Å². The van der Waals surface area contributed by atoms with Crippen LogP contribution in [0.2, 0.25) is 0 Å². The molecule has 7 nitrogen and oxygen atoms in total. The highest BCUT2D eigenvalue weighted by Gasteiger charge is 2.50. The molecule has 1 unspecified atom stereocenters. The molecular weight excluding hydrogens is 481 g/mol. The third kappa shape index (κ3) is 6.55. The first kappa shape index (κ1) is 28.2. The Morgan fingerprint density at radius 1 is 1.29 bits per heavy atom. The molecule has 190 valence electrons. The maximum atomic E-state index is 12.8. The van der Waals surface area contributed by atoms with Crippen molar-refractivity contribution in [3.05, 3.63) is 77.7 Å². The average molecular weight is 511 g/mol. The number of pyridine rings is 1. The smallest absolute Gasteiger partial charge is 0.364 e. The summed E-state index contributed by atoms with van der Waals surface area (Å²) >= 11 is 0. The van der Waals surface area contributed by atoms with Crippen molar-refractivity contribution < 1.29 is 26.4 Å². The molecule has 1 amide bonds. The fourth-order valence-electron chi connectivity index (χ4n) is 4.07. The zero-order valence-electron chi connectivity index (χ0n) is 19.6. The van der Waals surface area contributed by atoms with Crippen molar-refractivity contribution in [3.63, 3.8) is 0 Å². The number of amides is 1. The number of piperidine rings is 1. The van der Waals surface area contributed by atoms with Gasteiger partial charge in [0.2, 0.25) is 0 Å². The summed E-state index contributed by atoms with van der Waals surface area (Å²) in [6.07, 6.45) is 6.92. The van der Waals surface area contributed by atoms with Gasteiger partial charge in [-0.1, -0.05) is 43.0 Å². The number of hydrogen-bond donors (Lipinski definition) is 2. The number of sulfonamides is 1. The number of carbonyl (C=O) groups excluding carboxylic acids is 1. The van der Waals surface area contributed by atoms with Crippen LogP contribution in [0.25, 0.3) is 0 Å². The Balaban J connectivity index is 2.21. The summed E-state index contributed by atoms with van der Waals surface area (Å²) in [5.74, 6) is -1.36. The lowest BCUT2D eigenvalue weighted by atomic mass is 9.83. The first-order valence-corrected chi connectivity index (χ1v) is 12.2. The lowest BCUT2D eigenvalue weighted by Crippen LogP contribution is -2.45. The predicted molar refractivity (Wildman–Crippen MR) is 129 cm³/mol. The Labute approximate surface area is 203 Å². The number of nitrogens with zero attached hydrogens (tertiary/aromatic N) is 2. The average Bonchev–Trinajstić information content (AvgIpc) is 2.78. The quantitative estimate of drug-likeness (QED) is 0.376. The summed E-state index contributed by atoms with van der Waals surface area (Å²) < 4.78 is 62.1. The van der Waals surface area contributed by atoms with E-state index < -0.39 is 21.4 Å². The van der Waals surface area contributed by atoms with Crippen LogP contribution < -0.4 is 5.73 Å². The van der Waals surface area contributed by atoms with Crippen LogP contribution in [0.15, 0.2) is 66.4 Å². The molecule has 0 saturated carbocycles. The first-order chi connectivity index (χ1) is 16.2. The molecule has 2 heterocycles. The molecule has 2 rings (SSSR count). The summed E-state index contributed by atoms with van der Waals surface area (Å²) in [7, 11) is -5.37. The third-order valence-corrected chi connectivity index (χ3v) is 7.53. The van der Waals surface area contributed by atoms with Gasteiger partial charge in [-0.15, -0.1) is 0 Å². The van der Waals surface area contributed by atoms with Crippen LogP contribution >= 0.6 is 0 Å². The molecule has 0 bridgehead atoms. The van der Waals surface area contributed by atoms with Gasteiger partial charge >= 0.3 is 15.5 Å². The van der Waals surface area contributed by atoms with Gasteiger partial charge in [-0.2, -0.15) is 17.5 Å². The van der Waals surface area contributed by atoms with Gasteiger partial charge in [0.1, 0.15) is 5.69 Å². The van der Waals surface area contributed by atoms with Crippen molar-refractivity contribution in [1.29, 1.82) is 5.41 Å². The standard InChI is InChI=1S/C24H29F3N4O3S/c1-5-6-15(2)21(19-7-8-20(23(29)32)30-14-19)16(3)13-17(4)22(28)18-9-11-31(12-10-18)35(33,34)24(25,26)27/h5-8,13-14,18,21,28H,1,3,9-12H2,2,4H3,(H2,29,32)/b15-6+,17-13+,28-22?. The largest absolute Gasteiger partial charge is 0.511 e. The Bertz CT molecular complexity index is 1160. The zero-order chi connectivity index (χ0) is 26.6. The van der Waals surface area contributed by atoms with Crippen molar-refractivity contribution >= 4 is 21.6 Å². The molecule has 11 heteroatoms. The van der Waals surface area contributed by atoms with Crippen LogP contribution in [-0.4, -0.2) is 47.9 Å². The van der Waals surface area contributed by atoms with E-state index in [9.17, 15) is 26.4 Å². The molecular formula is C24H29F3N4O3S. The summed E-state index contributed by atoms with van der Waals surface area (Å²) in [5, 5.41) is 8.54. The molecule has 0 aromatic carbocycles. The fraction of sp³-hybridized carbons (Fsp3) is 0.375. The van der Waals surface area contributed by atoms with E-state index in [-0.39, 0.29) is 49.2 Å². The molecule has 1 aliphatic heterocycles. The minimum absolute atomic E-state index is 0.114. The highest BCUT2D eigenvalue weighted by atomic mass is 32.2. The molecule has 1 aromatic heterocycles. The van der Waals surface area contributed by atoms with Gasteiger partial charge in [0.25, 0.3) is 5.91 Å². The monoisotopic (exact) mass is 510 g/mol. The molecule has 35 heavy (non-hydrogen) atoms. The minimum Gasteiger partial charge on any atom is -0.364 e. The maximum Gasteiger partial charge on any atom is 0.511 e. The van der Waals surface area contributed by atoms with Gasteiger partial charge in [-0.05, 0) is 49.5 Å². The van der Waals surface area contributed by atoms with E-state index in [4.69, 9.17) is 11.1 Å². The predicted octanol–water partition coefficient (Wildman–Crippen LogP) is 4.48. The van der Waals surface area contributed by atoms with E-state index in [1.165, 1.54) is 12.3 Å². The van der Waals surface area contributed by atoms with Gasteiger partial charge in [-0.25, -0.2) is 8.42 Å². The van der Waals surface area contributed by atoms with Gasteiger partial charge in [-0.3, -0.25) is 9.78 Å². The van der Waals surface area contributed by atoms with Gasteiger partial charge in [0, 0.05) is 36.8 Å². The summed E-state index contributed by atoms with van der Waals surface area (Å²) in [6, 6.07) is 3.23. The Kier molecular flexibility index (Phi) is 8.96. The highest BCUT2D eigenvalue weighted by Crippen LogP contribution is 2.34. The van der Waals surface area contributed by atoms with Crippen molar-refractivity contribution in [2.45, 2.75) is 38.1 Å². The fourth-order valence-corrected chi connectivity index (χ4v) is 5.05. The number of rotatable bonds is 9. The topological polar surface area (TPSA) is 117 Å². The van der Waals surface area contributed by atoms with Crippen LogP contribution in [0.5, 0.6) is 0 Å². The molecule has 3 N–H and O–H groups in total. The normalized spacial score (nSPS) is 17.6. The van der Waals surface area contributed by atoms with Crippen molar-refractivity contribution in [3.8, 4) is 0 Å². The number of primary amides is 1. The number of allylic oxidation sites excluding steroid dienone is 6. The van der Waals surface area contributed by atoms with Gasteiger partial charge in [0.15, 0.2) is 0 Å². The number of nitrogens with two attached hydrogens (primary N) is 1. The van der Waals surface area contributed by atoms with E-state index in [1.54, 1.807) is 25.1 Å². The Morgan fingerprint density at radius 2 is 1.89 bits per heavy atom. The number of aromatic nitrogens is 1. The lowest BCUT2D eigenvalue weighted by Gasteiger charge is -2.32. The number of hydrogen-bond acceptors (Lipinski definition) is 5. The Hall–Kier alpha value is -3.05. The van der Waals surface area contributed by atoms with Crippen molar-refractivity contribution in [2.75, 3.05) is 13.1 Å². The van der Waals surface area contributed by atoms with Crippen LogP contribution in [0.4, 0.5) is 13.2 Å². The molecule has 1 atom stereocenters. The molecule has 0 radical (unpaired) electrons. The summed E-state index contributed by atoms with van der Waals surface area (Å²) in [5.41, 5.74) is 3.11. The second-order valence-corrected chi connectivity index (χ2v) is 10.3. The number of nitrogens with one attached hydrogen (secondary N) is 1. The van der Waals surface area contributed by atoms with Gasteiger partial charge < -0.3 is 11.1 Å². The molecule has 0 aliphatic carbocycles. The highest BCUT2D eigenvalue weighted by molar-refractivity contribution is 7.90. The zero-order valence-corrected chi connectivity index (χ0v) is 20.4. The number of carbonyl (C=O) groups is 1. The third-order valence-electron chi connectivity index (χ3n) is 5.90. The second kappa shape index (κ2) is 11.1. The molecule has 0 spiro atoms. The molecule has 1 aliphatic rings.